The number of carbonyl (C=O) groups excluding carboxylic acids is 2. The van der Waals surface area contributed by atoms with E-state index in [-0.39, 0.29) is 17.1 Å². The van der Waals surface area contributed by atoms with Crippen LogP contribution in [0.2, 0.25) is 15.1 Å². The number of benzene rings is 3. The van der Waals surface area contributed by atoms with Crippen LogP contribution in [0, 0.1) is 5.92 Å². The fraction of sp³-hybridized carbons (Fsp3) is 0.231. The summed E-state index contributed by atoms with van der Waals surface area (Å²) in [5, 5.41) is 6.63. The molecule has 3 aromatic rings. The zero-order valence-corrected chi connectivity index (χ0v) is 23.4. The molecule has 6 nitrogen and oxygen atoms in total. The zero-order chi connectivity index (χ0) is 26.9. The van der Waals surface area contributed by atoms with E-state index < -0.39 is 28.0 Å². The molecule has 2 N–H and O–H groups in total. The quantitative estimate of drug-likeness (QED) is 0.269. The number of alkyl halides is 2. The predicted molar refractivity (Wildman–Crippen MR) is 148 cm³/mol. The highest BCUT2D eigenvalue weighted by molar-refractivity contribution is 6.53. The fourth-order valence-corrected chi connectivity index (χ4v) is 5.66. The van der Waals surface area contributed by atoms with Crippen molar-refractivity contribution in [1.29, 1.82) is 0 Å². The third-order valence-corrected chi connectivity index (χ3v) is 7.70. The molecule has 0 heterocycles. The molecule has 0 aliphatic heterocycles. The third kappa shape index (κ3) is 6.05. The van der Waals surface area contributed by atoms with Crippen LogP contribution in [0.15, 0.2) is 54.6 Å². The average Bonchev–Trinajstić information content (AvgIpc) is 3.44. The number of hydrogen-bond donors (Lipinski definition) is 2. The van der Waals surface area contributed by atoms with Gasteiger partial charge in [-0.1, -0.05) is 34.8 Å². The summed E-state index contributed by atoms with van der Waals surface area (Å²) in [7, 11) is 3.09. The lowest BCUT2D eigenvalue weighted by atomic mass is 10.1. The summed E-state index contributed by atoms with van der Waals surface area (Å²) in [4.78, 5) is 25.9. The molecule has 1 saturated carbocycles. The molecule has 194 valence electrons. The number of rotatable bonds is 8. The first kappa shape index (κ1) is 27.7. The van der Waals surface area contributed by atoms with Gasteiger partial charge in [-0.05, 0) is 54.1 Å². The molecule has 0 bridgehead atoms. The average molecular weight is 603 g/mol. The minimum atomic E-state index is -1.33. The first-order chi connectivity index (χ1) is 17.5. The van der Waals surface area contributed by atoms with Gasteiger partial charge in [0.05, 0.1) is 30.7 Å². The molecule has 37 heavy (non-hydrogen) atoms. The summed E-state index contributed by atoms with van der Waals surface area (Å²) in [5.74, 6) is -0.892. The number of halogens is 5. The van der Waals surface area contributed by atoms with E-state index in [0.717, 1.165) is 5.56 Å². The molecule has 1 aliphatic carbocycles. The van der Waals surface area contributed by atoms with Gasteiger partial charge in [0, 0.05) is 39.8 Å². The lowest BCUT2D eigenvalue weighted by Gasteiger charge is -2.13. The SMILES string of the molecule is COc1ccc(CNC(=O)c2cc(NC(=O)[C@@H]3[C@@H](c4cc(Cl)cc(Cl)c4)C3(Cl)Cl)ccc2Cl)c(OC)c1. The van der Waals surface area contributed by atoms with Crippen molar-refractivity contribution in [1.82, 2.24) is 5.32 Å². The van der Waals surface area contributed by atoms with E-state index in [2.05, 4.69) is 10.6 Å². The van der Waals surface area contributed by atoms with Crippen molar-refractivity contribution in [3.63, 3.8) is 0 Å². The minimum absolute atomic E-state index is 0.184. The van der Waals surface area contributed by atoms with Gasteiger partial charge in [0.1, 0.15) is 15.8 Å². The van der Waals surface area contributed by atoms with Crippen molar-refractivity contribution in [2.45, 2.75) is 16.8 Å². The molecular weight excluding hydrogens is 582 g/mol. The zero-order valence-electron chi connectivity index (χ0n) is 19.6. The van der Waals surface area contributed by atoms with Crippen LogP contribution < -0.4 is 20.1 Å². The monoisotopic (exact) mass is 600 g/mol. The summed E-state index contributed by atoms with van der Waals surface area (Å²) in [6.07, 6.45) is 0. The highest BCUT2D eigenvalue weighted by Crippen LogP contribution is 2.65. The Bertz CT molecular complexity index is 1340. The molecule has 0 aromatic heterocycles. The number of nitrogens with one attached hydrogen (secondary N) is 2. The molecule has 3 aromatic carbocycles. The van der Waals surface area contributed by atoms with Crippen LogP contribution in [0.5, 0.6) is 11.5 Å². The van der Waals surface area contributed by atoms with Crippen molar-refractivity contribution < 1.29 is 19.1 Å². The van der Waals surface area contributed by atoms with Gasteiger partial charge in [-0.25, -0.2) is 0 Å². The number of carbonyl (C=O) groups is 2. The standard InChI is InChI=1S/C26H21Cl5N2O4/c1-36-18-5-3-13(21(11-18)37-2)12-32-24(34)19-10-17(4-6-20(19)29)33-25(35)23-22(26(23,30)31)14-7-15(27)9-16(28)8-14/h3-11,22-23H,12H2,1-2H3,(H,32,34)(H,33,35)/t22-,23+/m1/s1. The maximum atomic E-state index is 13.0. The van der Waals surface area contributed by atoms with E-state index in [1.54, 1.807) is 49.6 Å². The lowest BCUT2D eigenvalue weighted by Crippen LogP contribution is -2.24. The van der Waals surface area contributed by atoms with E-state index in [4.69, 9.17) is 67.5 Å². The van der Waals surface area contributed by atoms with Crippen LogP contribution in [-0.4, -0.2) is 30.4 Å². The second-order valence-electron chi connectivity index (χ2n) is 8.38. The minimum Gasteiger partial charge on any atom is -0.497 e. The number of methoxy groups -OCH3 is 2. The second-order valence-corrected chi connectivity index (χ2v) is 11.1. The van der Waals surface area contributed by atoms with E-state index >= 15 is 0 Å². The van der Waals surface area contributed by atoms with E-state index in [0.29, 0.717) is 32.8 Å². The molecule has 2 amide bonds. The van der Waals surface area contributed by atoms with Crippen LogP contribution in [0.4, 0.5) is 5.69 Å². The van der Waals surface area contributed by atoms with Gasteiger partial charge in [-0.3, -0.25) is 9.59 Å². The van der Waals surface area contributed by atoms with Crippen molar-refractivity contribution in [3.05, 3.63) is 86.4 Å². The maximum absolute atomic E-state index is 13.0. The molecule has 1 fully saturated rings. The molecule has 2 atom stereocenters. The summed E-state index contributed by atoms with van der Waals surface area (Å²) < 4.78 is 9.23. The van der Waals surface area contributed by atoms with Crippen LogP contribution in [-0.2, 0) is 11.3 Å². The largest absolute Gasteiger partial charge is 0.497 e. The molecule has 0 spiro atoms. The van der Waals surface area contributed by atoms with E-state index in [1.807, 2.05) is 0 Å². The first-order valence-electron chi connectivity index (χ1n) is 11.0. The Hall–Kier alpha value is -2.35. The van der Waals surface area contributed by atoms with Crippen LogP contribution in [0.1, 0.15) is 27.4 Å². The molecule has 0 radical (unpaired) electrons. The third-order valence-electron chi connectivity index (χ3n) is 5.99. The highest BCUT2D eigenvalue weighted by Gasteiger charge is 2.67. The van der Waals surface area contributed by atoms with Crippen LogP contribution in [0.25, 0.3) is 0 Å². The normalized spacial score (nSPS) is 17.6. The first-order valence-corrected chi connectivity index (χ1v) is 12.9. The van der Waals surface area contributed by atoms with Crippen molar-refractivity contribution in [2.24, 2.45) is 5.92 Å². The molecule has 0 unspecified atom stereocenters. The Balaban J connectivity index is 1.46. The summed E-state index contributed by atoms with van der Waals surface area (Å²) in [5.41, 5.74) is 1.95. The van der Waals surface area contributed by atoms with Crippen molar-refractivity contribution in [2.75, 3.05) is 19.5 Å². The van der Waals surface area contributed by atoms with Crippen LogP contribution >= 0.6 is 58.0 Å². The number of ether oxygens (including phenoxy) is 2. The molecule has 1 aliphatic rings. The Morgan fingerprint density at radius 2 is 1.62 bits per heavy atom. The molecule has 11 heteroatoms. The Morgan fingerprint density at radius 3 is 2.27 bits per heavy atom. The molecule has 0 saturated heterocycles. The molecule has 4 rings (SSSR count). The summed E-state index contributed by atoms with van der Waals surface area (Å²) in [6, 6.07) is 14.8. The van der Waals surface area contributed by atoms with Gasteiger partial charge in [0.25, 0.3) is 5.91 Å². The van der Waals surface area contributed by atoms with Gasteiger partial charge in [-0.2, -0.15) is 0 Å². The predicted octanol–water partition coefficient (Wildman–Crippen LogP) is 7.12. The fourth-order valence-electron chi connectivity index (χ4n) is 4.09. The second kappa shape index (κ2) is 11.2. The Kier molecular flexibility index (Phi) is 8.36. The van der Waals surface area contributed by atoms with E-state index in [1.165, 1.54) is 19.2 Å². The topological polar surface area (TPSA) is 76.7 Å². The van der Waals surface area contributed by atoms with Gasteiger partial charge < -0.3 is 20.1 Å². The van der Waals surface area contributed by atoms with Crippen LogP contribution in [0.3, 0.4) is 0 Å². The van der Waals surface area contributed by atoms with Gasteiger partial charge >= 0.3 is 0 Å². The van der Waals surface area contributed by atoms with Gasteiger partial charge in [-0.15, -0.1) is 23.2 Å². The van der Waals surface area contributed by atoms with Crippen molar-refractivity contribution >= 4 is 75.5 Å². The summed E-state index contributed by atoms with van der Waals surface area (Å²) in [6.45, 7) is 0.186. The maximum Gasteiger partial charge on any atom is 0.253 e. The smallest absolute Gasteiger partial charge is 0.253 e. The lowest BCUT2D eigenvalue weighted by molar-refractivity contribution is -0.117. The Labute approximate surface area is 239 Å². The number of amides is 2. The van der Waals surface area contributed by atoms with Gasteiger partial charge in [0.2, 0.25) is 5.91 Å². The highest BCUT2D eigenvalue weighted by atomic mass is 35.5. The van der Waals surface area contributed by atoms with Crippen molar-refractivity contribution in [3.8, 4) is 11.5 Å². The Morgan fingerprint density at radius 1 is 0.919 bits per heavy atom. The number of anilines is 1. The van der Waals surface area contributed by atoms with Gasteiger partial charge in [0.15, 0.2) is 0 Å². The van der Waals surface area contributed by atoms with E-state index in [9.17, 15) is 9.59 Å². The summed E-state index contributed by atoms with van der Waals surface area (Å²) >= 11 is 31.3. The molecular formula is C26H21Cl5N2O4. The number of hydrogen-bond acceptors (Lipinski definition) is 4.